The van der Waals surface area contributed by atoms with Crippen LogP contribution in [0.4, 0.5) is 5.69 Å². The second-order valence-corrected chi connectivity index (χ2v) is 8.05. The maximum atomic E-state index is 5.17. The first-order valence-electron chi connectivity index (χ1n) is 10.8. The van der Waals surface area contributed by atoms with E-state index in [4.69, 9.17) is 14.7 Å². The molecule has 0 spiro atoms. The number of piperazine rings is 1. The van der Waals surface area contributed by atoms with Gasteiger partial charge in [-0.15, -0.1) is 0 Å². The Labute approximate surface area is 186 Å². The molecule has 32 heavy (non-hydrogen) atoms. The summed E-state index contributed by atoms with van der Waals surface area (Å²) in [5.74, 6) is 2.32. The van der Waals surface area contributed by atoms with E-state index in [1.54, 1.807) is 19.6 Å². The van der Waals surface area contributed by atoms with Crippen LogP contribution in [0.1, 0.15) is 17.9 Å². The van der Waals surface area contributed by atoms with Crippen LogP contribution < -0.4 is 15.4 Å². The lowest BCUT2D eigenvalue weighted by atomic mass is 9.94. The average molecular weight is 434 g/mol. The number of hydrogen-bond donors (Lipinski definition) is 3. The van der Waals surface area contributed by atoms with Crippen LogP contribution in [0.3, 0.4) is 0 Å². The molecule has 10 heteroatoms. The summed E-state index contributed by atoms with van der Waals surface area (Å²) in [7, 11) is 1.60. The second kappa shape index (κ2) is 9.01. The summed E-state index contributed by atoms with van der Waals surface area (Å²) < 4.78 is 5.17. The molecule has 0 aromatic carbocycles. The molecular weight excluding hydrogens is 406 g/mol. The Morgan fingerprint density at radius 3 is 2.84 bits per heavy atom. The van der Waals surface area contributed by atoms with Crippen LogP contribution in [0, 0.1) is 12.8 Å². The fourth-order valence-electron chi connectivity index (χ4n) is 4.19. The molecule has 3 aromatic heterocycles. The van der Waals surface area contributed by atoms with Crippen LogP contribution in [0.25, 0.3) is 16.7 Å². The van der Waals surface area contributed by atoms with Gasteiger partial charge in [-0.05, 0) is 19.4 Å². The minimum Gasteiger partial charge on any atom is -0.481 e. The van der Waals surface area contributed by atoms with Crippen molar-refractivity contribution in [1.82, 2.24) is 35.1 Å². The smallest absolute Gasteiger partial charge is 0.213 e. The number of hydrogen-bond acceptors (Lipinski definition) is 9. The molecule has 1 unspecified atom stereocenters. The molecule has 3 aromatic rings. The Morgan fingerprint density at radius 2 is 2.06 bits per heavy atom. The van der Waals surface area contributed by atoms with E-state index in [0.717, 1.165) is 73.1 Å². The van der Waals surface area contributed by atoms with Gasteiger partial charge in [0.05, 0.1) is 25.3 Å². The first-order valence-corrected chi connectivity index (χ1v) is 10.8. The van der Waals surface area contributed by atoms with E-state index in [1.165, 1.54) is 0 Å². The van der Waals surface area contributed by atoms with Crippen molar-refractivity contribution in [3.63, 3.8) is 0 Å². The number of aromatic amines is 1. The van der Waals surface area contributed by atoms with Gasteiger partial charge in [0.1, 0.15) is 22.9 Å². The maximum absolute atomic E-state index is 5.17. The molecule has 1 saturated heterocycles. The molecule has 0 radical (unpaired) electrons. The molecule has 1 fully saturated rings. The number of imidazole rings is 1. The number of aliphatic imine (C=N–C) groups is 1. The first kappa shape index (κ1) is 20.5. The molecule has 10 nitrogen and oxygen atoms in total. The van der Waals surface area contributed by atoms with E-state index in [2.05, 4.69) is 41.7 Å². The first-order chi connectivity index (χ1) is 15.7. The molecule has 0 aliphatic carbocycles. The zero-order valence-corrected chi connectivity index (χ0v) is 18.3. The van der Waals surface area contributed by atoms with Gasteiger partial charge < -0.3 is 25.3 Å². The van der Waals surface area contributed by atoms with Crippen molar-refractivity contribution in [3.8, 4) is 5.88 Å². The van der Waals surface area contributed by atoms with Gasteiger partial charge in [0, 0.05) is 56.5 Å². The lowest BCUT2D eigenvalue weighted by Gasteiger charge is -2.31. The molecule has 0 bridgehead atoms. The highest BCUT2D eigenvalue weighted by atomic mass is 16.5. The van der Waals surface area contributed by atoms with E-state index < -0.39 is 0 Å². The van der Waals surface area contributed by atoms with Crippen molar-refractivity contribution < 1.29 is 4.74 Å². The largest absolute Gasteiger partial charge is 0.481 e. The predicted octanol–water partition coefficient (Wildman–Crippen LogP) is 1.84. The highest BCUT2D eigenvalue weighted by Gasteiger charge is 2.25. The maximum Gasteiger partial charge on any atom is 0.213 e. The lowest BCUT2D eigenvalue weighted by molar-refractivity contribution is 0.226. The fourth-order valence-corrected chi connectivity index (χ4v) is 4.19. The summed E-state index contributed by atoms with van der Waals surface area (Å²) in [6.45, 7) is 7.05. The van der Waals surface area contributed by atoms with Gasteiger partial charge in [0.15, 0.2) is 5.65 Å². The minimum absolute atomic E-state index is 0.298. The van der Waals surface area contributed by atoms with Crippen molar-refractivity contribution in [2.75, 3.05) is 45.2 Å². The molecule has 2 aliphatic rings. The number of aryl methyl sites for hydroxylation is 1. The zero-order valence-electron chi connectivity index (χ0n) is 18.3. The number of allylic oxidation sites excluding steroid dienone is 1. The Morgan fingerprint density at radius 1 is 1.19 bits per heavy atom. The minimum atomic E-state index is 0.298. The predicted molar refractivity (Wildman–Crippen MR) is 124 cm³/mol. The van der Waals surface area contributed by atoms with Crippen LogP contribution in [-0.2, 0) is 0 Å². The number of ether oxygens (including phenoxy) is 1. The summed E-state index contributed by atoms with van der Waals surface area (Å²) in [6.07, 6.45) is 6.27. The topological polar surface area (TPSA) is 116 Å². The Balaban J connectivity index is 1.49. The van der Waals surface area contributed by atoms with Crippen LogP contribution in [0.5, 0.6) is 5.88 Å². The monoisotopic (exact) mass is 433 g/mol. The number of pyridine rings is 1. The third kappa shape index (κ3) is 4.32. The van der Waals surface area contributed by atoms with Gasteiger partial charge in [-0.1, -0.05) is 0 Å². The van der Waals surface area contributed by atoms with Gasteiger partial charge in [0.2, 0.25) is 5.88 Å². The SMILES string of the molecule is COc1ccc(NC2=C(c3nc(C)nc4[nH]cnc34)CC(CN3CCNCC3)C=N2)cn1. The lowest BCUT2D eigenvalue weighted by Crippen LogP contribution is -2.45. The summed E-state index contributed by atoms with van der Waals surface area (Å²) in [5, 5.41) is 6.84. The van der Waals surface area contributed by atoms with Gasteiger partial charge >= 0.3 is 0 Å². The summed E-state index contributed by atoms with van der Waals surface area (Å²) in [6, 6.07) is 3.75. The fraction of sp³-hybridized carbons (Fsp3) is 0.409. The van der Waals surface area contributed by atoms with Crippen molar-refractivity contribution in [3.05, 3.63) is 42.0 Å². The molecule has 0 amide bonds. The third-order valence-electron chi connectivity index (χ3n) is 5.75. The number of nitrogens with one attached hydrogen (secondary N) is 3. The molecule has 5 heterocycles. The third-order valence-corrected chi connectivity index (χ3v) is 5.75. The molecule has 1 atom stereocenters. The summed E-state index contributed by atoms with van der Waals surface area (Å²) >= 11 is 0. The number of rotatable bonds is 6. The highest BCUT2D eigenvalue weighted by Crippen LogP contribution is 2.33. The highest BCUT2D eigenvalue weighted by molar-refractivity contribution is 5.89. The Kier molecular flexibility index (Phi) is 5.78. The molecule has 0 saturated carbocycles. The number of methoxy groups -OCH3 is 1. The molecule has 5 rings (SSSR count). The number of H-pyrrole nitrogens is 1. The Bertz CT molecular complexity index is 1150. The Hall–Kier alpha value is -3.37. The van der Waals surface area contributed by atoms with Crippen LogP contribution >= 0.6 is 0 Å². The van der Waals surface area contributed by atoms with Crippen molar-refractivity contribution in [2.24, 2.45) is 10.9 Å². The van der Waals surface area contributed by atoms with Crippen molar-refractivity contribution in [2.45, 2.75) is 13.3 Å². The normalized spacial score (nSPS) is 19.5. The van der Waals surface area contributed by atoms with E-state index in [0.29, 0.717) is 17.6 Å². The van der Waals surface area contributed by atoms with Crippen LogP contribution in [0.2, 0.25) is 0 Å². The van der Waals surface area contributed by atoms with Crippen LogP contribution in [-0.4, -0.2) is 75.9 Å². The van der Waals surface area contributed by atoms with Crippen molar-refractivity contribution >= 4 is 28.6 Å². The second-order valence-electron chi connectivity index (χ2n) is 8.05. The summed E-state index contributed by atoms with van der Waals surface area (Å²) in [4.78, 5) is 28.5. The van der Waals surface area contributed by atoms with E-state index in [9.17, 15) is 0 Å². The van der Waals surface area contributed by atoms with E-state index in [1.807, 2.05) is 19.1 Å². The van der Waals surface area contributed by atoms with Crippen LogP contribution in [0.15, 0.2) is 35.5 Å². The number of anilines is 1. The molecule has 2 aliphatic heterocycles. The number of nitrogens with zero attached hydrogens (tertiary/aromatic N) is 6. The van der Waals surface area contributed by atoms with E-state index in [-0.39, 0.29) is 0 Å². The van der Waals surface area contributed by atoms with Gasteiger partial charge in [0.25, 0.3) is 0 Å². The summed E-state index contributed by atoms with van der Waals surface area (Å²) in [5.41, 5.74) is 4.18. The molecular formula is C22H27N9O. The van der Waals surface area contributed by atoms with Gasteiger partial charge in [-0.2, -0.15) is 0 Å². The van der Waals surface area contributed by atoms with Gasteiger partial charge in [-0.25, -0.2) is 24.9 Å². The number of fused-ring (bicyclic) bond motifs is 1. The zero-order chi connectivity index (χ0) is 21.9. The quantitative estimate of drug-likeness (QED) is 0.539. The average Bonchev–Trinajstić information content (AvgIpc) is 3.29. The molecule has 3 N–H and O–H groups in total. The van der Waals surface area contributed by atoms with E-state index >= 15 is 0 Å². The standard InChI is InChI=1S/C22H27N9O/c1-14-28-19(20-22(29-14)27-13-26-20)17-9-15(12-31-7-5-23-6-8-31)10-25-21(17)30-16-3-4-18(32-2)24-11-16/h3-4,10-11,13,15,23,30H,5-9,12H2,1-2H3,(H,26,27,28,29). The van der Waals surface area contributed by atoms with Gasteiger partial charge in [-0.3, -0.25) is 0 Å². The van der Waals surface area contributed by atoms with Crippen molar-refractivity contribution in [1.29, 1.82) is 0 Å². The number of aromatic nitrogens is 5. The molecule has 166 valence electrons.